The standard InChI is InChI=1S/C23H21ClF6N4O4/c24-16-6-4-13(5-7-16)20-32-34(21(38)33(20)11-18(36)23(28,29)30)12-19(37)31-17(8-9-35)14-2-1-3-15(10-14)22(25,26)27/h1-7,10,17-18,35-36H,8-9,11-12H2,(H,31,37)/t17?,18-/m0/s1. The number of hydrogen-bond acceptors (Lipinski definition) is 5. The van der Waals surface area contributed by atoms with Crippen molar-refractivity contribution in [1.82, 2.24) is 19.7 Å². The second kappa shape index (κ2) is 11.6. The highest BCUT2D eigenvalue weighted by Crippen LogP contribution is 2.31. The number of nitrogens with zero attached hydrogens (tertiary/aromatic N) is 3. The lowest BCUT2D eigenvalue weighted by Crippen LogP contribution is -2.39. The Labute approximate surface area is 216 Å². The summed E-state index contributed by atoms with van der Waals surface area (Å²) >= 11 is 5.83. The third-order valence-corrected chi connectivity index (χ3v) is 5.67. The van der Waals surface area contributed by atoms with Crippen molar-refractivity contribution in [2.75, 3.05) is 6.61 Å². The molecule has 0 aliphatic heterocycles. The van der Waals surface area contributed by atoms with Crippen molar-refractivity contribution >= 4 is 17.5 Å². The molecular weight excluding hydrogens is 546 g/mol. The predicted molar refractivity (Wildman–Crippen MR) is 123 cm³/mol. The molecule has 0 aliphatic rings. The second-order valence-electron chi connectivity index (χ2n) is 8.19. The van der Waals surface area contributed by atoms with E-state index in [0.29, 0.717) is 14.3 Å². The van der Waals surface area contributed by atoms with Crippen LogP contribution >= 0.6 is 11.6 Å². The van der Waals surface area contributed by atoms with Gasteiger partial charge < -0.3 is 15.5 Å². The number of amides is 1. The Bertz CT molecular complexity index is 1320. The number of nitrogens with one attached hydrogen (secondary N) is 1. The van der Waals surface area contributed by atoms with E-state index in [1.807, 2.05) is 0 Å². The summed E-state index contributed by atoms with van der Waals surface area (Å²) in [6, 6.07) is 8.54. The van der Waals surface area contributed by atoms with Crippen LogP contribution in [0.4, 0.5) is 26.3 Å². The lowest BCUT2D eigenvalue weighted by atomic mass is 10.0. The van der Waals surface area contributed by atoms with Gasteiger partial charge in [0.05, 0.1) is 18.2 Å². The lowest BCUT2D eigenvalue weighted by molar-refractivity contribution is -0.207. The first kappa shape index (κ1) is 29.2. The molecule has 2 aromatic carbocycles. The third kappa shape index (κ3) is 7.14. The van der Waals surface area contributed by atoms with Crippen LogP contribution in [-0.2, 0) is 24.1 Å². The monoisotopic (exact) mass is 566 g/mol. The van der Waals surface area contributed by atoms with Crippen LogP contribution in [0.5, 0.6) is 0 Å². The number of carbonyl (C=O) groups is 1. The Morgan fingerprint density at radius 2 is 1.74 bits per heavy atom. The van der Waals surface area contributed by atoms with Crippen molar-refractivity contribution in [3.05, 3.63) is 75.2 Å². The van der Waals surface area contributed by atoms with Crippen LogP contribution < -0.4 is 11.0 Å². The molecule has 1 aromatic heterocycles. The number of rotatable bonds is 9. The van der Waals surface area contributed by atoms with Crippen LogP contribution in [0.2, 0.25) is 5.02 Å². The van der Waals surface area contributed by atoms with Crippen molar-refractivity contribution < 1.29 is 41.4 Å². The van der Waals surface area contributed by atoms with Crippen LogP contribution in [-0.4, -0.2) is 49.4 Å². The Hall–Kier alpha value is -3.36. The molecule has 38 heavy (non-hydrogen) atoms. The molecular formula is C23H21ClF6N4O4. The number of aliphatic hydroxyl groups is 2. The van der Waals surface area contributed by atoms with E-state index in [9.17, 15) is 46.1 Å². The summed E-state index contributed by atoms with van der Waals surface area (Å²) in [7, 11) is 0. The van der Waals surface area contributed by atoms with E-state index in [-0.39, 0.29) is 23.4 Å². The maximum Gasteiger partial charge on any atom is 0.416 e. The van der Waals surface area contributed by atoms with Gasteiger partial charge in [0.25, 0.3) is 0 Å². The third-order valence-electron chi connectivity index (χ3n) is 5.42. The van der Waals surface area contributed by atoms with Crippen molar-refractivity contribution in [1.29, 1.82) is 0 Å². The summed E-state index contributed by atoms with van der Waals surface area (Å²) in [6.07, 6.45) is -12.8. The molecule has 0 saturated carbocycles. The number of alkyl halides is 6. The molecule has 15 heteroatoms. The molecule has 0 fully saturated rings. The van der Waals surface area contributed by atoms with Crippen molar-refractivity contribution in [3.63, 3.8) is 0 Å². The Morgan fingerprint density at radius 3 is 2.32 bits per heavy atom. The number of aromatic nitrogens is 3. The number of hydrogen-bond donors (Lipinski definition) is 3. The van der Waals surface area contributed by atoms with Gasteiger partial charge >= 0.3 is 18.0 Å². The van der Waals surface area contributed by atoms with E-state index in [4.69, 9.17) is 11.6 Å². The van der Waals surface area contributed by atoms with E-state index >= 15 is 0 Å². The maximum atomic E-state index is 13.1. The molecule has 0 saturated heterocycles. The van der Waals surface area contributed by atoms with Crippen LogP contribution in [0.1, 0.15) is 23.6 Å². The molecule has 1 heterocycles. The van der Waals surface area contributed by atoms with Crippen LogP contribution in [0.3, 0.4) is 0 Å². The minimum Gasteiger partial charge on any atom is -0.396 e. The summed E-state index contributed by atoms with van der Waals surface area (Å²) < 4.78 is 79.4. The first-order valence-electron chi connectivity index (χ1n) is 11.0. The number of aliphatic hydroxyl groups excluding tert-OH is 2. The van der Waals surface area contributed by atoms with Gasteiger partial charge in [0, 0.05) is 17.2 Å². The molecule has 3 N–H and O–H groups in total. The van der Waals surface area contributed by atoms with Crippen molar-refractivity contribution in [3.8, 4) is 11.4 Å². The van der Waals surface area contributed by atoms with Gasteiger partial charge in [0.2, 0.25) is 5.91 Å². The van der Waals surface area contributed by atoms with E-state index in [1.54, 1.807) is 0 Å². The van der Waals surface area contributed by atoms with Gasteiger partial charge in [-0.3, -0.25) is 9.36 Å². The average molecular weight is 567 g/mol. The Balaban J connectivity index is 1.91. The maximum absolute atomic E-state index is 13.1. The first-order valence-corrected chi connectivity index (χ1v) is 11.3. The summed E-state index contributed by atoms with van der Waals surface area (Å²) in [6.45, 7) is -2.51. The number of carbonyl (C=O) groups excluding carboxylic acids is 1. The average Bonchev–Trinajstić information content (AvgIpc) is 3.13. The molecule has 0 spiro atoms. The highest BCUT2D eigenvalue weighted by Gasteiger charge is 2.39. The van der Waals surface area contributed by atoms with E-state index in [1.165, 1.54) is 30.3 Å². The van der Waals surface area contributed by atoms with Gasteiger partial charge in [-0.25, -0.2) is 9.48 Å². The van der Waals surface area contributed by atoms with Gasteiger partial charge in [0.15, 0.2) is 11.9 Å². The summed E-state index contributed by atoms with van der Waals surface area (Å²) in [4.78, 5) is 25.6. The van der Waals surface area contributed by atoms with Gasteiger partial charge in [-0.1, -0.05) is 23.7 Å². The molecule has 1 unspecified atom stereocenters. The lowest BCUT2D eigenvalue weighted by Gasteiger charge is -2.19. The van der Waals surface area contributed by atoms with E-state index in [0.717, 1.165) is 18.2 Å². The summed E-state index contributed by atoms with van der Waals surface area (Å²) in [5, 5.41) is 25.5. The molecule has 2 atom stereocenters. The van der Waals surface area contributed by atoms with Gasteiger partial charge in [-0.2, -0.15) is 26.3 Å². The highest BCUT2D eigenvalue weighted by molar-refractivity contribution is 6.30. The fourth-order valence-electron chi connectivity index (χ4n) is 3.56. The summed E-state index contributed by atoms with van der Waals surface area (Å²) in [5.41, 5.74) is -1.92. The zero-order valence-corrected chi connectivity index (χ0v) is 20.1. The minimum absolute atomic E-state index is 0.0373. The van der Waals surface area contributed by atoms with Gasteiger partial charge in [-0.05, 0) is 48.4 Å². The van der Waals surface area contributed by atoms with Gasteiger partial charge in [0.1, 0.15) is 6.54 Å². The molecule has 0 radical (unpaired) electrons. The fraction of sp³-hybridized carbons (Fsp3) is 0.348. The molecule has 0 aliphatic carbocycles. The quantitative estimate of drug-likeness (QED) is 0.343. The van der Waals surface area contributed by atoms with Gasteiger partial charge in [-0.15, -0.1) is 5.10 Å². The smallest absolute Gasteiger partial charge is 0.396 e. The molecule has 3 rings (SSSR count). The van der Waals surface area contributed by atoms with E-state index in [2.05, 4.69) is 10.4 Å². The number of halogens is 7. The molecule has 206 valence electrons. The summed E-state index contributed by atoms with van der Waals surface area (Å²) in [5.74, 6) is -1.20. The largest absolute Gasteiger partial charge is 0.416 e. The molecule has 8 nitrogen and oxygen atoms in total. The van der Waals surface area contributed by atoms with Crippen LogP contribution in [0.25, 0.3) is 11.4 Å². The number of benzene rings is 2. The van der Waals surface area contributed by atoms with Crippen molar-refractivity contribution in [2.45, 2.75) is 44.0 Å². The normalized spacial score (nSPS) is 13.8. The molecule has 1 amide bonds. The fourth-order valence-corrected chi connectivity index (χ4v) is 3.68. The molecule has 0 bridgehead atoms. The SMILES string of the molecule is O=C(Cn1nc(-c2ccc(Cl)cc2)n(C[C@H](O)C(F)(F)F)c1=O)NC(CCO)c1cccc(C(F)(F)F)c1. The van der Waals surface area contributed by atoms with Crippen LogP contribution in [0, 0.1) is 0 Å². The minimum atomic E-state index is -5.04. The highest BCUT2D eigenvalue weighted by atomic mass is 35.5. The van der Waals surface area contributed by atoms with E-state index < -0.39 is 61.4 Å². The Morgan fingerprint density at radius 1 is 1.08 bits per heavy atom. The first-order chi connectivity index (χ1) is 17.7. The van der Waals surface area contributed by atoms with Crippen molar-refractivity contribution in [2.24, 2.45) is 0 Å². The zero-order valence-electron chi connectivity index (χ0n) is 19.3. The Kier molecular flexibility index (Phi) is 8.90. The zero-order chi connectivity index (χ0) is 28.3. The predicted octanol–water partition coefficient (Wildman–Crippen LogP) is 3.55. The topological polar surface area (TPSA) is 109 Å². The molecule has 3 aromatic rings. The van der Waals surface area contributed by atoms with Crippen LogP contribution in [0.15, 0.2) is 53.3 Å². The second-order valence-corrected chi connectivity index (χ2v) is 8.63.